The van der Waals surface area contributed by atoms with Crippen LogP contribution in [0.3, 0.4) is 0 Å². The molecule has 13 heavy (non-hydrogen) atoms. The minimum atomic E-state index is 0.632. The van der Waals surface area contributed by atoms with Crippen LogP contribution in [-0.2, 0) is 0 Å². The fraction of sp³-hybridized carbons (Fsp3) is 0. The first-order valence-electron chi connectivity index (χ1n) is 3.67. The summed E-state index contributed by atoms with van der Waals surface area (Å²) >= 11 is 1.30. The second-order valence-electron chi connectivity index (χ2n) is 2.45. The fourth-order valence-corrected chi connectivity index (χ4v) is 1.47. The summed E-state index contributed by atoms with van der Waals surface area (Å²) in [5, 5.41) is 8.67. The van der Waals surface area contributed by atoms with Crippen LogP contribution < -0.4 is 0 Å². The van der Waals surface area contributed by atoms with E-state index in [2.05, 4.69) is 15.4 Å². The molecule has 0 spiro atoms. The van der Waals surface area contributed by atoms with Crippen molar-refractivity contribution in [2.75, 3.05) is 0 Å². The van der Waals surface area contributed by atoms with E-state index in [9.17, 15) is 0 Å². The molecule has 2 aromatic rings. The van der Waals surface area contributed by atoms with Gasteiger partial charge in [-0.05, 0) is 23.7 Å². The summed E-state index contributed by atoms with van der Waals surface area (Å²) < 4.78 is 4.08. The van der Waals surface area contributed by atoms with Crippen molar-refractivity contribution in [2.24, 2.45) is 0 Å². The first-order valence-corrected chi connectivity index (χ1v) is 4.51. The SMILES string of the molecule is N#Cc1cccc(-c2ncsn2)c1. The van der Waals surface area contributed by atoms with Gasteiger partial charge in [0, 0.05) is 5.56 Å². The first-order chi connectivity index (χ1) is 6.40. The Labute approximate surface area is 79.5 Å². The van der Waals surface area contributed by atoms with Crippen LogP contribution in [0.4, 0.5) is 0 Å². The van der Waals surface area contributed by atoms with Crippen LogP contribution in [0.2, 0.25) is 0 Å². The van der Waals surface area contributed by atoms with Crippen LogP contribution in [0.25, 0.3) is 11.4 Å². The molecule has 0 atom stereocenters. The highest BCUT2D eigenvalue weighted by atomic mass is 32.1. The third kappa shape index (κ3) is 1.55. The van der Waals surface area contributed by atoms with E-state index in [1.165, 1.54) is 11.5 Å². The van der Waals surface area contributed by atoms with E-state index in [-0.39, 0.29) is 0 Å². The molecule has 1 aromatic heterocycles. The number of nitriles is 1. The average Bonchev–Trinajstić information content (AvgIpc) is 2.71. The van der Waals surface area contributed by atoms with Gasteiger partial charge in [-0.25, -0.2) is 4.98 Å². The quantitative estimate of drug-likeness (QED) is 0.686. The number of aromatic nitrogens is 2. The molecule has 0 amide bonds. The molecule has 1 aromatic carbocycles. The monoisotopic (exact) mass is 187 g/mol. The van der Waals surface area contributed by atoms with Gasteiger partial charge >= 0.3 is 0 Å². The second-order valence-corrected chi connectivity index (χ2v) is 3.05. The number of nitrogens with zero attached hydrogens (tertiary/aromatic N) is 3. The van der Waals surface area contributed by atoms with Crippen molar-refractivity contribution >= 4 is 11.5 Å². The largest absolute Gasteiger partial charge is 0.223 e. The van der Waals surface area contributed by atoms with Crippen LogP contribution >= 0.6 is 11.5 Å². The van der Waals surface area contributed by atoms with Gasteiger partial charge in [-0.15, -0.1) is 0 Å². The molecule has 0 aliphatic rings. The number of hydrogen-bond donors (Lipinski definition) is 0. The van der Waals surface area contributed by atoms with Crippen molar-refractivity contribution in [2.45, 2.75) is 0 Å². The molecule has 3 nitrogen and oxygen atoms in total. The van der Waals surface area contributed by atoms with Crippen LogP contribution in [0.15, 0.2) is 29.8 Å². The van der Waals surface area contributed by atoms with Gasteiger partial charge < -0.3 is 0 Å². The van der Waals surface area contributed by atoms with Gasteiger partial charge in [0.25, 0.3) is 0 Å². The summed E-state index contributed by atoms with van der Waals surface area (Å²) in [6.07, 6.45) is 0. The standard InChI is InChI=1S/C9H5N3S/c10-5-7-2-1-3-8(4-7)9-11-6-13-12-9/h1-4,6H. The maximum atomic E-state index is 8.67. The molecule has 0 aliphatic carbocycles. The number of benzene rings is 1. The molecule has 62 valence electrons. The van der Waals surface area contributed by atoms with Gasteiger partial charge in [-0.2, -0.15) is 9.64 Å². The summed E-state index contributed by atoms with van der Waals surface area (Å²) in [6, 6.07) is 9.34. The molecule has 0 N–H and O–H groups in total. The van der Waals surface area contributed by atoms with E-state index in [4.69, 9.17) is 5.26 Å². The lowest BCUT2D eigenvalue weighted by Crippen LogP contribution is -1.81. The molecular weight excluding hydrogens is 182 g/mol. The summed E-state index contributed by atoms with van der Waals surface area (Å²) in [4.78, 5) is 4.06. The minimum Gasteiger partial charge on any atom is -0.223 e. The van der Waals surface area contributed by atoms with Crippen LogP contribution in [0.5, 0.6) is 0 Å². The summed E-state index contributed by atoms with van der Waals surface area (Å²) in [5.74, 6) is 0.683. The zero-order chi connectivity index (χ0) is 9.10. The minimum absolute atomic E-state index is 0.632. The lowest BCUT2D eigenvalue weighted by Gasteiger charge is -1.94. The van der Waals surface area contributed by atoms with E-state index >= 15 is 0 Å². The molecular formula is C9H5N3S. The van der Waals surface area contributed by atoms with Crippen molar-refractivity contribution in [3.63, 3.8) is 0 Å². The van der Waals surface area contributed by atoms with Crippen molar-refractivity contribution in [1.29, 1.82) is 5.26 Å². The zero-order valence-corrected chi connectivity index (χ0v) is 7.45. The number of rotatable bonds is 1. The van der Waals surface area contributed by atoms with Gasteiger partial charge in [0.1, 0.15) is 5.51 Å². The molecule has 0 aliphatic heterocycles. The Hall–Kier alpha value is -1.73. The second kappa shape index (κ2) is 3.33. The van der Waals surface area contributed by atoms with Gasteiger partial charge in [-0.3, -0.25) is 0 Å². The Morgan fingerprint density at radius 1 is 1.38 bits per heavy atom. The van der Waals surface area contributed by atoms with Crippen molar-refractivity contribution in [3.05, 3.63) is 35.3 Å². The zero-order valence-electron chi connectivity index (χ0n) is 6.64. The van der Waals surface area contributed by atoms with E-state index in [1.807, 2.05) is 12.1 Å². The molecule has 0 radical (unpaired) electrons. The highest BCUT2D eigenvalue weighted by molar-refractivity contribution is 7.03. The summed E-state index contributed by atoms with van der Waals surface area (Å²) in [5.41, 5.74) is 3.20. The maximum absolute atomic E-state index is 8.67. The lowest BCUT2D eigenvalue weighted by molar-refractivity contribution is 1.32. The molecule has 0 saturated carbocycles. The highest BCUT2D eigenvalue weighted by Crippen LogP contribution is 2.16. The predicted molar refractivity (Wildman–Crippen MR) is 50.1 cm³/mol. The fourth-order valence-electron chi connectivity index (χ4n) is 1.03. The van der Waals surface area contributed by atoms with Gasteiger partial charge in [0.15, 0.2) is 5.82 Å². The van der Waals surface area contributed by atoms with Crippen molar-refractivity contribution in [1.82, 2.24) is 9.36 Å². The Kier molecular flexibility index (Phi) is 2.02. The Balaban J connectivity index is 2.49. The summed E-state index contributed by atoms with van der Waals surface area (Å²) in [7, 11) is 0. The third-order valence-corrected chi connectivity index (χ3v) is 2.09. The normalized spacial score (nSPS) is 9.46. The van der Waals surface area contributed by atoms with E-state index in [0.717, 1.165) is 5.56 Å². The third-order valence-electron chi connectivity index (χ3n) is 1.61. The first kappa shape index (κ1) is 7.90. The molecule has 0 saturated heterocycles. The Bertz CT molecular complexity index is 442. The Morgan fingerprint density at radius 3 is 3.00 bits per heavy atom. The van der Waals surface area contributed by atoms with Crippen molar-refractivity contribution < 1.29 is 0 Å². The lowest BCUT2D eigenvalue weighted by atomic mass is 10.1. The maximum Gasteiger partial charge on any atom is 0.172 e. The average molecular weight is 187 g/mol. The van der Waals surface area contributed by atoms with Gasteiger partial charge in [0.2, 0.25) is 0 Å². The van der Waals surface area contributed by atoms with E-state index < -0.39 is 0 Å². The summed E-state index contributed by atoms with van der Waals surface area (Å²) in [6.45, 7) is 0. The molecule has 4 heteroatoms. The predicted octanol–water partition coefficient (Wildman–Crippen LogP) is 2.08. The molecule has 0 unspecified atom stereocenters. The molecule has 0 fully saturated rings. The number of hydrogen-bond acceptors (Lipinski definition) is 4. The topological polar surface area (TPSA) is 49.6 Å². The van der Waals surface area contributed by atoms with Crippen LogP contribution in [-0.4, -0.2) is 9.36 Å². The van der Waals surface area contributed by atoms with Crippen LogP contribution in [0, 0.1) is 11.3 Å². The van der Waals surface area contributed by atoms with E-state index in [1.54, 1.807) is 17.6 Å². The van der Waals surface area contributed by atoms with Gasteiger partial charge in [-0.1, -0.05) is 12.1 Å². The van der Waals surface area contributed by atoms with Crippen molar-refractivity contribution in [3.8, 4) is 17.5 Å². The Morgan fingerprint density at radius 2 is 2.31 bits per heavy atom. The molecule has 2 rings (SSSR count). The molecule has 1 heterocycles. The van der Waals surface area contributed by atoms with Gasteiger partial charge in [0.05, 0.1) is 11.6 Å². The highest BCUT2D eigenvalue weighted by Gasteiger charge is 2.01. The molecule has 0 bridgehead atoms. The smallest absolute Gasteiger partial charge is 0.172 e. The van der Waals surface area contributed by atoms with E-state index in [0.29, 0.717) is 11.4 Å². The van der Waals surface area contributed by atoms with Crippen LogP contribution in [0.1, 0.15) is 5.56 Å².